The van der Waals surface area contributed by atoms with Crippen molar-refractivity contribution in [2.75, 3.05) is 18.3 Å². The Morgan fingerprint density at radius 1 is 1.35 bits per heavy atom. The summed E-state index contributed by atoms with van der Waals surface area (Å²) in [6.45, 7) is 0. The van der Waals surface area contributed by atoms with Crippen LogP contribution in [-0.2, 0) is 4.79 Å². The van der Waals surface area contributed by atoms with Crippen molar-refractivity contribution in [1.82, 2.24) is 0 Å². The summed E-state index contributed by atoms with van der Waals surface area (Å²) < 4.78 is 5.17. The quantitative estimate of drug-likeness (QED) is 0.850. The zero-order valence-electron chi connectivity index (χ0n) is 9.37. The molecule has 0 atom stereocenters. The maximum Gasteiger partial charge on any atom is 0.239 e. The molecule has 2 aromatic rings. The molecule has 0 fully saturated rings. The van der Waals surface area contributed by atoms with Gasteiger partial charge >= 0.3 is 0 Å². The van der Waals surface area contributed by atoms with Crippen LogP contribution in [0.5, 0.6) is 5.75 Å². The first kappa shape index (κ1) is 11.7. The second kappa shape index (κ2) is 5.06. The molecular formula is C13H12ClNO2. The molecule has 4 heteroatoms. The van der Waals surface area contributed by atoms with Crippen LogP contribution < -0.4 is 10.1 Å². The van der Waals surface area contributed by atoms with Gasteiger partial charge in [-0.3, -0.25) is 4.79 Å². The van der Waals surface area contributed by atoms with Gasteiger partial charge in [0.2, 0.25) is 5.91 Å². The molecule has 0 aliphatic carbocycles. The van der Waals surface area contributed by atoms with E-state index in [1.54, 1.807) is 7.11 Å². The van der Waals surface area contributed by atoms with E-state index in [2.05, 4.69) is 5.32 Å². The number of benzene rings is 2. The van der Waals surface area contributed by atoms with Gasteiger partial charge in [0.1, 0.15) is 11.6 Å². The smallest absolute Gasteiger partial charge is 0.239 e. The van der Waals surface area contributed by atoms with Crippen LogP contribution in [0, 0.1) is 0 Å². The molecule has 88 valence electrons. The predicted molar refractivity (Wildman–Crippen MR) is 69.8 cm³/mol. The van der Waals surface area contributed by atoms with Crippen molar-refractivity contribution in [2.24, 2.45) is 0 Å². The largest absolute Gasteiger partial charge is 0.497 e. The van der Waals surface area contributed by atoms with Gasteiger partial charge in [-0.2, -0.15) is 0 Å². The van der Waals surface area contributed by atoms with Crippen molar-refractivity contribution in [3.63, 3.8) is 0 Å². The summed E-state index contributed by atoms with van der Waals surface area (Å²) in [6.07, 6.45) is 0. The fraction of sp³-hybridized carbons (Fsp3) is 0.154. The number of ether oxygens (including phenoxy) is 1. The van der Waals surface area contributed by atoms with E-state index in [0.29, 0.717) is 0 Å². The summed E-state index contributed by atoms with van der Waals surface area (Å²) in [6, 6.07) is 11.4. The summed E-state index contributed by atoms with van der Waals surface area (Å²) in [5.41, 5.74) is 0.743. The summed E-state index contributed by atoms with van der Waals surface area (Å²) >= 11 is 5.47. The first-order chi connectivity index (χ1) is 8.24. The number of hydrogen-bond acceptors (Lipinski definition) is 2. The molecule has 2 aromatic carbocycles. The number of methoxy groups -OCH3 is 1. The summed E-state index contributed by atoms with van der Waals surface area (Å²) in [7, 11) is 1.61. The monoisotopic (exact) mass is 249 g/mol. The van der Waals surface area contributed by atoms with Crippen LogP contribution in [0.4, 0.5) is 5.69 Å². The van der Waals surface area contributed by atoms with Crippen molar-refractivity contribution >= 4 is 34.0 Å². The van der Waals surface area contributed by atoms with E-state index in [4.69, 9.17) is 16.3 Å². The Labute approximate surface area is 104 Å². The highest BCUT2D eigenvalue weighted by Crippen LogP contribution is 2.27. The van der Waals surface area contributed by atoms with Crippen LogP contribution in [0.25, 0.3) is 10.8 Å². The molecule has 1 amide bonds. The van der Waals surface area contributed by atoms with Gasteiger partial charge in [0.05, 0.1) is 7.11 Å². The minimum Gasteiger partial charge on any atom is -0.497 e. The Morgan fingerprint density at radius 3 is 2.88 bits per heavy atom. The molecule has 3 nitrogen and oxygen atoms in total. The molecule has 0 unspecified atom stereocenters. The van der Waals surface area contributed by atoms with E-state index < -0.39 is 0 Å². The highest BCUT2D eigenvalue weighted by Gasteiger charge is 2.05. The lowest BCUT2D eigenvalue weighted by atomic mass is 10.1. The molecular weight excluding hydrogens is 238 g/mol. The van der Waals surface area contributed by atoms with E-state index in [1.807, 2.05) is 36.4 Å². The van der Waals surface area contributed by atoms with Crippen molar-refractivity contribution in [3.8, 4) is 5.75 Å². The average molecular weight is 250 g/mol. The van der Waals surface area contributed by atoms with Crippen LogP contribution in [-0.4, -0.2) is 18.9 Å². The van der Waals surface area contributed by atoms with Gasteiger partial charge in [-0.05, 0) is 23.6 Å². The third-order valence-corrected chi connectivity index (χ3v) is 2.73. The minimum atomic E-state index is -0.220. The normalized spacial score (nSPS) is 10.2. The van der Waals surface area contributed by atoms with Gasteiger partial charge < -0.3 is 10.1 Å². The SMILES string of the molecule is COc1ccc2cccc(NC(=O)CCl)c2c1. The number of carbonyl (C=O) groups is 1. The second-order valence-corrected chi connectivity index (χ2v) is 3.84. The van der Waals surface area contributed by atoms with Gasteiger partial charge in [0, 0.05) is 11.1 Å². The number of hydrogen-bond donors (Lipinski definition) is 1. The zero-order valence-corrected chi connectivity index (χ0v) is 10.1. The number of rotatable bonds is 3. The average Bonchev–Trinajstić information content (AvgIpc) is 2.38. The molecule has 0 saturated carbocycles. The van der Waals surface area contributed by atoms with Crippen molar-refractivity contribution < 1.29 is 9.53 Å². The lowest BCUT2D eigenvalue weighted by Gasteiger charge is -2.09. The lowest BCUT2D eigenvalue weighted by molar-refractivity contribution is -0.113. The summed E-state index contributed by atoms with van der Waals surface area (Å²) in [5.74, 6) is 0.479. The van der Waals surface area contributed by atoms with E-state index in [1.165, 1.54) is 0 Å². The number of fused-ring (bicyclic) bond motifs is 1. The van der Waals surface area contributed by atoms with Gasteiger partial charge in [0.25, 0.3) is 0 Å². The first-order valence-electron chi connectivity index (χ1n) is 5.17. The van der Waals surface area contributed by atoms with Crippen molar-refractivity contribution in [3.05, 3.63) is 36.4 Å². The molecule has 0 aliphatic rings. The highest BCUT2D eigenvalue weighted by atomic mass is 35.5. The van der Waals surface area contributed by atoms with Gasteiger partial charge in [0.15, 0.2) is 0 Å². The number of alkyl halides is 1. The molecule has 0 saturated heterocycles. The van der Waals surface area contributed by atoms with Gasteiger partial charge in [-0.25, -0.2) is 0 Å². The molecule has 0 heterocycles. The number of amides is 1. The number of carbonyl (C=O) groups excluding carboxylic acids is 1. The van der Waals surface area contributed by atoms with Crippen molar-refractivity contribution in [1.29, 1.82) is 0 Å². The maximum atomic E-state index is 11.3. The second-order valence-electron chi connectivity index (χ2n) is 3.57. The highest BCUT2D eigenvalue weighted by molar-refractivity contribution is 6.29. The Kier molecular flexibility index (Phi) is 3.49. The van der Waals surface area contributed by atoms with Gasteiger partial charge in [-0.1, -0.05) is 18.2 Å². The fourth-order valence-corrected chi connectivity index (χ4v) is 1.74. The molecule has 0 aromatic heterocycles. The van der Waals surface area contributed by atoms with E-state index >= 15 is 0 Å². The zero-order chi connectivity index (χ0) is 12.3. The molecule has 0 aliphatic heterocycles. The van der Waals surface area contributed by atoms with E-state index in [-0.39, 0.29) is 11.8 Å². The van der Waals surface area contributed by atoms with E-state index in [0.717, 1.165) is 22.2 Å². The Hall–Kier alpha value is -1.74. The molecule has 2 rings (SSSR count). The lowest BCUT2D eigenvalue weighted by Crippen LogP contribution is -2.12. The van der Waals surface area contributed by atoms with Crippen LogP contribution in [0.3, 0.4) is 0 Å². The summed E-state index contributed by atoms with van der Waals surface area (Å²) in [5, 5.41) is 4.73. The van der Waals surface area contributed by atoms with Crippen LogP contribution in [0.1, 0.15) is 0 Å². The number of halogens is 1. The topological polar surface area (TPSA) is 38.3 Å². The Balaban J connectivity index is 2.50. The molecule has 0 spiro atoms. The molecule has 0 radical (unpaired) electrons. The van der Waals surface area contributed by atoms with Gasteiger partial charge in [-0.15, -0.1) is 11.6 Å². The third kappa shape index (κ3) is 2.50. The first-order valence-corrected chi connectivity index (χ1v) is 5.70. The minimum absolute atomic E-state index is 0.0552. The summed E-state index contributed by atoms with van der Waals surface area (Å²) in [4.78, 5) is 11.3. The number of anilines is 1. The Morgan fingerprint density at radius 2 is 2.18 bits per heavy atom. The maximum absolute atomic E-state index is 11.3. The standard InChI is InChI=1S/C13H12ClNO2/c1-17-10-6-5-9-3-2-4-12(11(9)7-10)15-13(16)8-14/h2-7H,8H2,1H3,(H,15,16). The number of nitrogens with one attached hydrogen (secondary N) is 1. The van der Waals surface area contributed by atoms with Crippen LogP contribution >= 0.6 is 11.6 Å². The molecule has 0 bridgehead atoms. The molecule has 1 N–H and O–H groups in total. The fourth-order valence-electron chi connectivity index (χ4n) is 1.67. The predicted octanol–water partition coefficient (Wildman–Crippen LogP) is 3.03. The van der Waals surface area contributed by atoms with E-state index in [9.17, 15) is 4.79 Å². The Bertz CT molecular complexity index is 554. The molecule has 17 heavy (non-hydrogen) atoms. The van der Waals surface area contributed by atoms with Crippen molar-refractivity contribution in [2.45, 2.75) is 0 Å². The van der Waals surface area contributed by atoms with Crippen LogP contribution in [0.2, 0.25) is 0 Å². The third-order valence-electron chi connectivity index (χ3n) is 2.48. The van der Waals surface area contributed by atoms with Crippen LogP contribution in [0.15, 0.2) is 36.4 Å².